The number of amides is 1. The number of likely N-dealkylation sites (tertiary alicyclic amines) is 1. The Morgan fingerprint density at radius 2 is 2.24 bits per heavy atom. The molecule has 1 aliphatic rings. The van der Waals surface area contributed by atoms with E-state index < -0.39 is 5.82 Å². The Labute approximate surface area is 130 Å². The van der Waals surface area contributed by atoms with Crippen LogP contribution in [0.4, 0.5) is 4.39 Å². The number of carbonyl (C=O) groups is 1. The van der Waals surface area contributed by atoms with Gasteiger partial charge in [-0.25, -0.2) is 4.39 Å². The molecule has 0 spiro atoms. The molecule has 0 radical (unpaired) electrons. The van der Waals surface area contributed by atoms with Crippen LogP contribution in [0, 0.1) is 5.82 Å². The summed E-state index contributed by atoms with van der Waals surface area (Å²) in [6.07, 6.45) is 4.00. The molecular weight excluding hydrogens is 293 g/mol. The van der Waals surface area contributed by atoms with Gasteiger partial charge >= 0.3 is 0 Å². The first-order valence-electron chi connectivity index (χ1n) is 7.47. The van der Waals surface area contributed by atoms with Crippen molar-refractivity contribution in [3.8, 4) is 0 Å². The van der Waals surface area contributed by atoms with E-state index in [-0.39, 0.29) is 17.0 Å². The first kappa shape index (κ1) is 16.2. The molecule has 1 fully saturated rings. The number of ether oxygens (including phenoxy) is 1. The number of nitrogens with zero attached hydrogens (tertiary/aromatic N) is 1. The Bertz CT molecular complexity index is 495. The van der Waals surface area contributed by atoms with Crippen LogP contribution in [0.5, 0.6) is 0 Å². The van der Waals surface area contributed by atoms with Crippen LogP contribution in [-0.4, -0.2) is 36.6 Å². The topological polar surface area (TPSA) is 29.5 Å². The van der Waals surface area contributed by atoms with Crippen LogP contribution in [0.15, 0.2) is 18.2 Å². The van der Waals surface area contributed by atoms with Gasteiger partial charge in [-0.2, -0.15) is 0 Å². The third kappa shape index (κ3) is 4.42. The Balaban J connectivity index is 1.98. The second kappa shape index (κ2) is 7.76. The van der Waals surface area contributed by atoms with Crippen molar-refractivity contribution in [2.75, 3.05) is 19.7 Å². The number of carbonyl (C=O) groups excluding carboxylic acids is 1. The molecule has 0 aliphatic carbocycles. The molecule has 1 atom stereocenters. The zero-order valence-corrected chi connectivity index (χ0v) is 13.0. The van der Waals surface area contributed by atoms with E-state index in [2.05, 4.69) is 6.92 Å². The molecule has 0 unspecified atom stereocenters. The zero-order valence-electron chi connectivity index (χ0n) is 12.3. The van der Waals surface area contributed by atoms with Crippen LogP contribution < -0.4 is 0 Å². The summed E-state index contributed by atoms with van der Waals surface area (Å²) < 4.78 is 18.9. The van der Waals surface area contributed by atoms with Crippen LogP contribution in [0.1, 0.15) is 43.0 Å². The quantitative estimate of drug-likeness (QED) is 0.843. The highest BCUT2D eigenvalue weighted by atomic mass is 35.5. The Morgan fingerprint density at radius 1 is 1.43 bits per heavy atom. The minimum Gasteiger partial charge on any atom is -0.378 e. The van der Waals surface area contributed by atoms with Gasteiger partial charge in [0, 0.05) is 25.3 Å². The fourth-order valence-corrected chi connectivity index (χ4v) is 2.71. The van der Waals surface area contributed by atoms with Gasteiger partial charge in [-0.05, 0) is 43.9 Å². The van der Waals surface area contributed by atoms with Gasteiger partial charge in [0.15, 0.2) is 0 Å². The normalized spacial score (nSPS) is 19.4. The van der Waals surface area contributed by atoms with Gasteiger partial charge in [-0.15, -0.1) is 0 Å². The predicted octanol–water partition coefficient (Wildman–Crippen LogP) is 3.90. The van der Waals surface area contributed by atoms with Crippen LogP contribution in [0.2, 0.25) is 5.02 Å². The van der Waals surface area contributed by atoms with E-state index in [1.807, 2.05) is 0 Å². The van der Waals surface area contributed by atoms with Crippen molar-refractivity contribution < 1.29 is 13.9 Å². The van der Waals surface area contributed by atoms with Crippen molar-refractivity contribution >= 4 is 17.5 Å². The molecule has 1 aromatic rings. The van der Waals surface area contributed by atoms with Crippen molar-refractivity contribution in [2.45, 2.75) is 38.7 Å². The molecule has 0 aromatic heterocycles. The van der Waals surface area contributed by atoms with Crippen molar-refractivity contribution in [1.29, 1.82) is 0 Å². The molecule has 0 bridgehead atoms. The molecule has 1 saturated heterocycles. The molecule has 2 rings (SSSR count). The molecule has 21 heavy (non-hydrogen) atoms. The van der Waals surface area contributed by atoms with Gasteiger partial charge in [0.1, 0.15) is 5.82 Å². The lowest BCUT2D eigenvalue weighted by atomic mass is 10.1. The summed E-state index contributed by atoms with van der Waals surface area (Å²) in [5.41, 5.74) is 0.439. The minimum absolute atomic E-state index is 0.0140. The fourth-order valence-electron chi connectivity index (χ4n) is 2.53. The van der Waals surface area contributed by atoms with Gasteiger partial charge in [0.25, 0.3) is 5.91 Å². The second-order valence-electron chi connectivity index (χ2n) is 5.34. The van der Waals surface area contributed by atoms with Crippen molar-refractivity contribution in [1.82, 2.24) is 4.90 Å². The molecule has 1 amide bonds. The van der Waals surface area contributed by atoms with Crippen LogP contribution in [0.3, 0.4) is 0 Å². The smallest absolute Gasteiger partial charge is 0.253 e. The standard InChI is InChI=1S/C16H21ClFNO2/c1-2-10-21-13-4-3-8-19(9-7-13)16(20)12-5-6-15(18)14(17)11-12/h5-6,11,13H,2-4,7-10H2,1H3/t13-/m1/s1. The average molecular weight is 314 g/mol. The summed E-state index contributed by atoms with van der Waals surface area (Å²) in [5, 5.41) is -0.0140. The molecule has 1 aromatic carbocycles. The lowest BCUT2D eigenvalue weighted by Gasteiger charge is -2.21. The van der Waals surface area contributed by atoms with Gasteiger partial charge in [-0.3, -0.25) is 4.79 Å². The van der Waals surface area contributed by atoms with Crippen molar-refractivity contribution in [3.63, 3.8) is 0 Å². The van der Waals surface area contributed by atoms with E-state index in [1.165, 1.54) is 18.2 Å². The Hall–Kier alpha value is -1.13. The second-order valence-corrected chi connectivity index (χ2v) is 5.75. The minimum atomic E-state index is -0.503. The van der Waals surface area contributed by atoms with E-state index in [4.69, 9.17) is 16.3 Å². The van der Waals surface area contributed by atoms with Crippen molar-refractivity contribution in [2.24, 2.45) is 0 Å². The maximum Gasteiger partial charge on any atom is 0.253 e. The van der Waals surface area contributed by atoms with E-state index in [1.54, 1.807) is 4.90 Å². The number of benzene rings is 1. The van der Waals surface area contributed by atoms with Gasteiger partial charge in [0.2, 0.25) is 0 Å². The molecule has 0 N–H and O–H groups in total. The van der Waals surface area contributed by atoms with Crippen molar-refractivity contribution in [3.05, 3.63) is 34.6 Å². The zero-order chi connectivity index (χ0) is 15.2. The molecule has 116 valence electrons. The van der Waals surface area contributed by atoms with Gasteiger partial charge < -0.3 is 9.64 Å². The molecular formula is C16H21ClFNO2. The lowest BCUT2D eigenvalue weighted by molar-refractivity contribution is 0.0432. The monoisotopic (exact) mass is 313 g/mol. The highest BCUT2D eigenvalue weighted by molar-refractivity contribution is 6.31. The fraction of sp³-hybridized carbons (Fsp3) is 0.562. The highest BCUT2D eigenvalue weighted by Crippen LogP contribution is 2.20. The maximum absolute atomic E-state index is 13.2. The van der Waals surface area contributed by atoms with Crippen LogP contribution >= 0.6 is 11.6 Å². The van der Waals surface area contributed by atoms with E-state index in [9.17, 15) is 9.18 Å². The van der Waals surface area contributed by atoms with Gasteiger partial charge in [-0.1, -0.05) is 18.5 Å². The molecule has 0 saturated carbocycles. The summed E-state index contributed by atoms with van der Waals surface area (Å²) in [6, 6.07) is 4.12. The summed E-state index contributed by atoms with van der Waals surface area (Å²) in [4.78, 5) is 14.2. The number of hydrogen-bond donors (Lipinski definition) is 0. The largest absolute Gasteiger partial charge is 0.378 e. The number of rotatable bonds is 4. The van der Waals surface area contributed by atoms with Crippen LogP contribution in [-0.2, 0) is 4.74 Å². The predicted molar refractivity (Wildman–Crippen MR) is 81.2 cm³/mol. The molecule has 1 aliphatic heterocycles. The van der Waals surface area contributed by atoms with Gasteiger partial charge in [0.05, 0.1) is 11.1 Å². The number of halogens is 2. The SMILES string of the molecule is CCCO[C@@H]1CCCN(C(=O)c2ccc(F)c(Cl)c2)CC1. The highest BCUT2D eigenvalue weighted by Gasteiger charge is 2.22. The van der Waals surface area contributed by atoms with Crippen LogP contribution in [0.25, 0.3) is 0 Å². The first-order valence-corrected chi connectivity index (χ1v) is 7.85. The third-order valence-corrected chi connectivity index (χ3v) is 3.98. The Kier molecular flexibility index (Phi) is 6.00. The van der Waals surface area contributed by atoms with E-state index >= 15 is 0 Å². The summed E-state index contributed by atoms with van der Waals surface area (Å²) >= 11 is 5.74. The average Bonchev–Trinajstić information content (AvgIpc) is 2.73. The lowest BCUT2D eigenvalue weighted by Crippen LogP contribution is -2.32. The molecule has 1 heterocycles. The third-order valence-electron chi connectivity index (χ3n) is 3.69. The number of hydrogen-bond acceptors (Lipinski definition) is 2. The summed E-state index contributed by atoms with van der Waals surface area (Å²) in [7, 11) is 0. The summed E-state index contributed by atoms with van der Waals surface area (Å²) in [6.45, 7) is 4.24. The van der Waals surface area contributed by atoms with E-state index in [0.29, 0.717) is 18.7 Å². The molecule has 3 nitrogen and oxygen atoms in total. The van der Waals surface area contributed by atoms with E-state index in [0.717, 1.165) is 32.3 Å². The first-order chi connectivity index (χ1) is 10.1. The molecule has 5 heteroatoms. The Morgan fingerprint density at radius 3 is 2.95 bits per heavy atom. The summed E-state index contributed by atoms with van der Waals surface area (Å²) in [5.74, 6) is -0.592. The maximum atomic E-state index is 13.2.